The van der Waals surface area contributed by atoms with Crippen LogP contribution >= 0.6 is 15.9 Å². The minimum atomic E-state index is 0.0375. The van der Waals surface area contributed by atoms with E-state index in [0.717, 1.165) is 27.7 Å². The molecule has 88 valence electrons. The van der Waals surface area contributed by atoms with E-state index >= 15 is 0 Å². The molecule has 1 aliphatic rings. The Kier molecular flexibility index (Phi) is 3.43. The summed E-state index contributed by atoms with van der Waals surface area (Å²) in [5, 5.41) is 0. The first-order valence-electron chi connectivity index (χ1n) is 5.32. The summed E-state index contributed by atoms with van der Waals surface area (Å²) in [6.07, 6.45) is 7.91. The molecule has 2 rings (SSSR count). The summed E-state index contributed by atoms with van der Waals surface area (Å²) in [4.78, 5) is 18.0. The third-order valence-corrected chi connectivity index (χ3v) is 2.99. The highest BCUT2D eigenvalue weighted by atomic mass is 79.9. The first-order valence-corrected chi connectivity index (χ1v) is 6.11. The van der Waals surface area contributed by atoms with Gasteiger partial charge >= 0.3 is 0 Å². The quantitative estimate of drug-likeness (QED) is 0.634. The Morgan fingerprint density at radius 1 is 1.53 bits per heavy atom. The zero-order chi connectivity index (χ0) is 12.4. The molecule has 3 nitrogen and oxygen atoms in total. The third kappa shape index (κ3) is 2.64. The van der Waals surface area contributed by atoms with Crippen molar-refractivity contribution in [2.45, 2.75) is 6.42 Å². The maximum absolute atomic E-state index is 12.0. The smallest absolute Gasteiger partial charge is 0.187 e. The Morgan fingerprint density at radius 3 is 3.00 bits per heavy atom. The molecule has 0 unspecified atom stereocenters. The fraction of sp³-hybridized carbons (Fsp3) is 0.231. The summed E-state index contributed by atoms with van der Waals surface area (Å²) in [6, 6.07) is 1.90. The third-order valence-electron chi connectivity index (χ3n) is 2.56. The van der Waals surface area contributed by atoms with E-state index in [-0.39, 0.29) is 5.78 Å². The van der Waals surface area contributed by atoms with Crippen LogP contribution in [0.4, 0.5) is 0 Å². The van der Waals surface area contributed by atoms with E-state index < -0.39 is 0 Å². The number of carbonyl (C=O) groups is 1. The molecule has 0 saturated heterocycles. The van der Waals surface area contributed by atoms with E-state index in [2.05, 4.69) is 20.9 Å². The second-order valence-electron chi connectivity index (χ2n) is 4.13. The molecule has 1 aliphatic carbocycles. The van der Waals surface area contributed by atoms with Gasteiger partial charge in [-0.15, -0.1) is 0 Å². The van der Waals surface area contributed by atoms with Crippen LogP contribution in [0.15, 0.2) is 35.2 Å². The number of allylic oxidation sites excluding steroid dienone is 3. The number of carbonyl (C=O) groups excluding carboxylic acids is 1. The molecular weight excluding hydrogens is 280 g/mol. The van der Waals surface area contributed by atoms with Crippen molar-refractivity contribution >= 4 is 27.3 Å². The first-order chi connectivity index (χ1) is 8.08. The van der Waals surface area contributed by atoms with Crippen LogP contribution in [-0.4, -0.2) is 29.8 Å². The molecule has 0 atom stereocenters. The number of aromatic nitrogens is 1. The lowest BCUT2D eigenvalue weighted by Crippen LogP contribution is -2.03. The Hall–Kier alpha value is -1.42. The van der Waals surface area contributed by atoms with Crippen LogP contribution < -0.4 is 0 Å². The van der Waals surface area contributed by atoms with Crippen molar-refractivity contribution in [2.75, 3.05) is 14.1 Å². The lowest BCUT2D eigenvalue weighted by Gasteiger charge is -2.05. The molecule has 1 heterocycles. The van der Waals surface area contributed by atoms with Crippen LogP contribution in [0.25, 0.3) is 5.57 Å². The second kappa shape index (κ2) is 4.84. The normalized spacial score (nSPS) is 13.7. The highest BCUT2D eigenvalue weighted by Crippen LogP contribution is 2.29. The summed E-state index contributed by atoms with van der Waals surface area (Å²) >= 11 is 3.33. The Morgan fingerprint density at radius 2 is 2.29 bits per heavy atom. The number of pyridine rings is 1. The predicted molar refractivity (Wildman–Crippen MR) is 71.5 cm³/mol. The molecule has 17 heavy (non-hydrogen) atoms. The Balaban J connectivity index is 2.27. The molecule has 4 heteroatoms. The lowest BCUT2D eigenvalue weighted by molar-refractivity contribution is -0.109. The standard InChI is InChI=1S/C13H13BrN2O/c1-16(2)6-5-12(17)10-4-3-9-8-15-13(14)7-11(9)10/h4-8H,3H2,1-2H3/b6-5+. The van der Waals surface area contributed by atoms with Gasteiger partial charge in [-0.3, -0.25) is 4.79 Å². The van der Waals surface area contributed by atoms with Crippen molar-refractivity contribution in [1.82, 2.24) is 9.88 Å². The molecule has 0 radical (unpaired) electrons. The zero-order valence-corrected chi connectivity index (χ0v) is 11.4. The summed E-state index contributed by atoms with van der Waals surface area (Å²) < 4.78 is 0.758. The van der Waals surface area contributed by atoms with E-state index in [9.17, 15) is 4.79 Å². The van der Waals surface area contributed by atoms with Crippen LogP contribution in [0.1, 0.15) is 11.1 Å². The number of hydrogen-bond donors (Lipinski definition) is 0. The fourth-order valence-electron chi connectivity index (χ4n) is 1.73. The maximum Gasteiger partial charge on any atom is 0.187 e. The van der Waals surface area contributed by atoms with E-state index in [4.69, 9.17) is 0 Å². The molecular formula is C13H13BrN2O. The van der Waals surface area contributed by atoms with E-state index in [1.54, 1.807) is 12.3 Å². The molecule has 0 saturated carbocycles. The van der Waals surface area contributed by atoms with Gasteiger partial charge in [-0.2, -0.15) is 0 Å². The van der Waals surface area contributed by atoms with Crippen molar-refractivity contribution in [3.8, 4) is 0 Å². The highest BCUT2D eigenvalue weighted by Gasteiger charge is 2.19. The first kappa shape index (κ1) is 12.0. The molecule has 0 N–H and O–H groups in total. The van der Waals surface area contributed by atoms with Gasteiger partial charge in [0.1, 0.15) is 4.60 Å². The SMILES string of the molecule is CN(C)/C=C/C(=O)C1=CCc2cnc(Br)cc21. The fourth-order valence-corrected chi connectivity index (χ4v) is 2.06. The van der Waals surface area contributed by atoms with Crippen LogP contribution in [0, 0.1) is 0 Å². The number of hydrogen-bond acceptors (Lipinski definition) is 3. The minimum absolute atomic E-state index is 0.0375. The lowest BCUT2D eigenvalue weighted by atomic mass is 10.0. The van der Waals surface area contributed by atoms with E-state index in [0.29, 0.717) is 0 Å². The molecule has 0 aliphatic heterocycles. The number of halogens is 1. The largest absolute Gasteiger partial charge is 0.383 e. The number of fused-ring (bicyclic) bond motifs is 1. The van der Waals surface area contributed by atoms with Crippen molar-refractivity contribution in [3.05, 3.63) is 46.3 Å². The van der Waals surface area contributed by atoms with Gasteiger partial charge in [-0.05, 0) is 39.5 Å². The number of rotatable bonds is 3. The number of nitrogens with zero attached hydrogens (tertiary/aromatic N) is 2. The summed E-state index contributed by atoms with van der Waals surface area (Å²) in [7, 11) is 3.78. The van der Waals surface area contributed by atoms with Gasteiger partial charge in [0.05, 0.1) is 0 Å². The topological polar surface area (TPSA) is 33.2 Å². The van der Waals surface area contributed by atoms with Crippen LogP contribution in [0.3, 0.4) is 0 Å². The van der Waals surface area contributed by atoms with Gasteiger partial charge in [-0.1, -0.05) is 6.08 Å². The van der Waals surface area contributed by atoms with E-state index in [1.807, 2.05) is 37.3 Å². The van der Waals surface area contributed by atoms with Crippen LogP contribution in [0.5, 0.6) is 0 Å². The number of ketones is 1. The molecule has 0 fully saturated rings. The molecule has 1 aromatic heterocycles. The van der Waals surface area contributed by atoms with Gasteiger partial charge in [0.2, 0.25) is 0 Å². The highest BCUT2D eigenvalue weighted by molar-refractivity contribution is 9.10. The van der Waals surface area contributed by atoms with E-state index in [1.165, 1.54) is 0 Å². The molecule has 0 aromatic carbocycles. The Labute approximate surface area is 109 Å². The zero-order valence-electron chi connectivity index (χ0n) is 9.77. The van der Waals surface area contributed by atoms with Crippen molar-refractivity contribution in [2.24, 2.45) is 0 Å². The van der Waals surface area contributed by atoms with Gasteiger partial charge in [0.15, 0.2) is 5.78 Å². The van der Waals surface area contributed by atoms with Gasteiger partial charge < -0.3 is 4.90 Å². The Bertz CT molecular complexity index is 518. The predicted octanol–water partition coefficient (Wildman–Crippen LogP) is 2.43. The van der Waals surface area contributed by atoms with Crippen molar-refractivity contribution in [1.29, 1.82) is 0 Å². The average Bonchev–Trinajstić information content (AvgIpc) is 2.68. The second-order valence-corrected chi connectivity index (χ2v) is 4.94. The van der Waals surface area contributed by atoms with Gasteiger partial charge in [-0.25, -0.2) is 4.98 Å². The summed E-state index contributed by atoms with van der Waals surface area (Å²) in [5.41, 5.74) is 2.86. The summed E-state index contributed by atoms with van der Waals surface area (Å²) in [6.45, 7) is 0. The van der Waals surface area contributed by atoms with Crippen LogP contribution in [0.2, 0.25) is 0 Å². The molecule has 0 spiro atoms. The van der Waals surface area contributed by atoms with Crippen LogP contribution in [-0.2, 0) is 11.2 Å². The molecule has 1 aromatic rings. The maximum atomic E-state index is 12.0. The van der Waals surface area contributed by atoms with Crippen molar-refractivity contribution < 1.29 is 4.79 Å². The minimum Gasteiger partial charge on any atom is -0.383 e. The molecule has 0 bridgehead atoms. The summed E-state index contributed by atoms with van der Waals surface area (Å²) in [5.74, 6) is 0.0375. The van der Waals surface area contributed by atoms with Gasteiger partial charge in [0, 0.05) is 38.1 Å². The van der Waals surface area contributed by atoms with Crippen molar-refractivity contribution in [3.63, 3.8) is 0 Å². The average molecular weight is 293 g/mol. The van der Waals surface area contributed by atoms with Gasteiger partial charge in [0.25, 0.3) is 0 Å². The monoisotopic (exact) mass is 292 g/mol. The molecule has 0 amide bonds.